The SMILES string of the molecule is C[C@@H](N)c1ccc(N2CCN(S(C)(=O)=O)CC2)nc1. The Labute approximate surface area is 114 Å². The van der Waals surface area contributed by atoms with Crippen LogP contribution in [0, 0.1) is 0 Å². The van der Waals surface area contributed by atoms with Crippen LogP contribution in [0.3, 0.4) is 0 Å². The first kappa shape index (κ1) is 14.2. The number of aromatic nitrogens is 1. The van der Waals surface area contributed by atoms with Gasteiger partial charge in [0.15, 0.2) is 0 Å². The summed E-state index contributed by atoms with van der Waals surface area (Å²) in [5.74, 6) is 0.873. The standard InChI is InChI=1S/C12H20N4O2S/c1-10(13)11-3-4-12(14-9-11)15-5-7-16(8-6-15)19(2,17)18/h3-4,9-10H,5-8,13H2,1-2H3/t10-/m1/s1. The first-order chi connectivity index (χ1) is 8.88. The summed E-state index contributed by atoms with van der Waals surface area (Å²) in [5.41, 5.74) is 6.78. The van der Waals surface area contributed by atoms with Crippen molar-refractivity contribution >= 4 is 15.8 Å². The molecule has 0 aromatic carbocycles. The van der Waals surface area contributed by atoms with Crippen LogP contribution in [0.25, 0.3) is 0 Å². The van der Waals surface area contributed by atoms with Crippen molar-refractivity contribution in [3.63, 3.8) is 0 Å². The monoisotopic (exact) mass is 284 g/mol. The molecule has 1 saturated heterocycles. The van der Waals surface area contributed by atoms with Gasteiger partial charge in [-0.15, -0.1) is 0 Å². The predicted octanol–water partition coefficient (Wildman–Crippen LogP) is 0.183. The minimum atomic E-state index is -3.08. The molecule has 7 heteroatoms. The van der Waals surface area contributed by atoms with Crippen molar-refractivity contribution in [3.8, 4) is 0 Å². The third-order valence-corrected chi connectivity index (χ3v) is 4.63. The summed E-state index contributed by atoms with van der Waals surface area (Å²) in [4.78, 5) is 6.48. The summed E-state index contributed by atoms with van der Waals surface area (Å²) in [6.07, 6.45) is 3.03. The van der Waals surface area contributed by atoms with E-state index >= 15 is 0 Å². The fraction of sp³-hybridized carbons (Fsp3) is 0.583. The van der Waals surface area contributed by atoms with Crippen LogP contribution >= 0.6 is 0 Å². The van der Waals surface area contributed by atoms with E-state index < -0.39 is 10.0 Å². The predicted molar refractivity (Wildman–Crippen MR) is 75.5 cm³/mol. The fourth-order valence-corrected chi connectivity index (χ4v) is 2.93. The van der Waals surface area contributed by atoms with Crippen LogP contribution in [0.4, 0.5) is 5.82 Å². The summed E-state index contributed by atoms with van der Waals surface area (Å²) in [6, 6.07) is 3.88. The second kappa shape index (κ2) is 5.44. The second-order valence-corrected chi connectivity index (χ2v) is 6.87. The van der Waals surface area contributed by atoms with Crippen LogP contribution in [0.5, 0.6) is 0 Å². The molecule has 1 aliphatic rings. The lowest BCUT2D eigenvalue weighted by Crippen LogP contribution is -2.48. The zero-order chi connectivity index (χ0) is 14.0. The maximum atomic E-state index is 11.4. The lowest BCUT2D eigenvalue weighted by atomic mass is 10.1. The Bertz CT molecular complexity index is 519. The number of nitrogens with two attached hydrogens (primary N) is 1. The Kier molecular flexibility index (Phi) is 4.07. The van der Waals surface area contributed by atoms with Crippen LogP contribution in [-0.2, 0) is 10.0 Å². The highest BCUT2D eigenvalue weighted by molar-refractivity contribution is 7.88. The topological polar surface area (TPSA) is 79.5 Å². The molecular weight excluding hydrogens is 264 g/mol. The highest BCUT2D eigenvalue weighted by atomic mass is 32.2. The van der Waals surface area contributed by atoms with Gasteiger partial charge in [0.05, 0.1) is 6.26 Å². The molecule has 1 aliphatic heterocycles. The van der Waals surface area contributed by atoms with Crippen molar-refractivity contribution in [1.82, 2.24) is 9.29 Å². The maximum Gasteiger partial charge on any atom is 0.211 e. The van der Waals surface area contributed by atoms with Gasteiger partial charge in [0, 0.05) is 38.4 Å². The largest absolute Gasteiger partial charge is 0.354 e. The van der Waals surface area contributed by atoms with Crippen LogP contribution in [0.1, 0.15) is 18.5 Å². The van der Waals surface area contributed by atoms with Gasteiger partial charge in [-0.2, -0.15) is 4.31 Å². The summed E-state index contributed by atoms with van der Waals surface area (Å²) in [5, 5.41) is 0. The van der Waals surface area contributed by atoms with E-state index in [1.54, 1.807) is 6.20 Å². The highest BCUT2D eigenvalue weighted by Crippen LogP contribution is 2.17. The molecular formula is C12H20N4O2S. The van der Waals surface area contributed by atoms with Crippen molar-refractivity contribution in [2.24, 2.45) is 5.73 Å². The first-order valence-electron chi connectivity index (χ1n) is 6.29. The van der Waals surface area contributed by atoms with E-state index in [1.165, 1.54) is 10.6 Å². The molecule has 1 fully saturated rings. The molecule has 0 unspecified atom stereocenters. The average molecular weight is 284 g/mol. The molecule has 1 aromatic rings. The highest BCUT2D eigenvalue weighted by Gasteiger charge is 2.23. The second-order valence-electron chi connectivity index (χ2n) is 4.89. The quantitative estimate of drug-likeness (QED) is 0.856. The normalized spacial score (nSPS) is 19.4. The van der Waals surface area contributed by atoms with E-state index in [9.17, 15) is 8.42 Å². The number of sulfonamides is 1. The molecule has 106 valence electrons. The van der Waals surface area contributed by atoms with Crippen LogP contribution in [0.2, 0.25) is 0 Å². The van der Waals surface area contributed by atoms with Gasteiger partial charge in [-0.05, 0) is 18.6 Å². The first-order valence-corrected chi connectivity index (χ1v) is 8.14. The van der Waals surface area contributed by atoms with Gasteiger partial charge in [-0.3, -0.25) is 0 Å². The molecule has 2 rings (SSSR count). The molecule has 19 heavy (non-hydrogen) atoms. The van der Waals surface area contributed by atoms with Gasteiger partial charge in [0.2, 0.25) is 10.0 Å². The van der Waals surface area contributed by atoms with Crippen LogP contribution in [-0.4, -0.2) is 50.1 Å². The Hall–Kier alpha value is -1.18. The van der Waals surface area contributed by atoms with Crippen LogP contribution in [0.15, 0.2) is 18.3 Å². The number of piperazine rings is 1. The van der Waals surface area contributed by atoms with Crippen molar-refractivity contribution in [3.05, 3.63) is 23.9 Å². The minimum absolute atomic E-state index is 0.0244. The van der Waals surface area contributed by atoms with Crippen molar-refractivity contribution in [1.29, 1.82) is 0 Å². The summed E-state index contributed by atoms with van der Waals surface area (Å²) in [6.45, 7) is 4.27. The third-order valence-electron chi connectivity index (χ3n) is 3.33. The van der Waals surface area contributed by atoms with E-state index in [-0.39, 0.29) is 6.04 Å². The smallest absolute Gasteiger partial charge is 0.211 e. The molecule has 0 amide bonds. The van der Waals surface area contributed by atoms with Gasteiger partial charge < -0.3 is 10.6 Å². The lowest BCUT2D eigenvalue weighted by Gasteiger charge is -2.34. The molecule has 0 spiro atoms. The van der Waals surface area contributed by atoms with Crippen molar-refractivity contribution in [2.45, 2.75) is 13.0 Å². The Morgan fingerprint density at radius 1 is 1.26 bits per heavy atom. The number of anilines is 1. The molecule has 2 N–H and O–H groups in total. The number of rotatable bonds is 3. The lowest BCUT2D eigenvalue weighted by molar-refractivity contribution is 0.387. The summed E-state index contributed by atoms with van der Waals surface area (Å²) >= 11 is 0. The third kappa shape index (κ3) is 3.43. The van der Waals surface area contributed by atoms with E-state index in [0.717, 1.165) is 11.4 Å². The van der Waals surface area contributed by atoms with Crippen molar-refractivity contribution in [2.75, 3.05) is 37.3 Å². The van der Waals surface area contributed by atoms with Gasteiger partial charge in [-0.1, -0.05) is 6.07 Å². The molecule has 0 aliphatic carbocycles. The number of hydrogen-bond acceptors (Lipinski definition) is 5. The van der Waals surface area contributed by atoms with E-state index in [4.69, 9.17) is 5.73 Å². The Balaban J connectivity index is 2.02. The number of nitrogens with zero attached hydrogens (tertiary/aromatic N) is 3. The number of hydrogen-bond donors (Lipinski definition) is 1. The van der Waals surface area contributed by atoms with E-state index in [1.807, 2.05) is 19.1 Å². The minimum Gasteiger partial charge on any atom is -0.354 e. The van der Waals surface area contributed by atoms with Crippen molar-refractivity contribution < 1.29 is 8.42 Å². The van der Waals surface area contributed by atoms with Gasteiger partial charge in [-0.25, -0.2) is 13.4 Å². The van der Waals surface area contributed by atoms with E-state index in [2.05, 4.69) is 9.88 Å². The molecule has 6 nitrogen and oxygen atoms in total. The Morgan fingerprint density at radius 2 is 1.89 bits per heavy atom. The van der Waals surface area contributed by atoms with Crippen LogP contribution < -0.4 is 10.6 Å². The maximum absolute atomic E-state index is 11.4. The zero-order valence-electron chi connectivity index (χ0n) is 11.3. The average Bonchev–Trinajstić information content (AvgIpc) is 2.38. The molecule has 1 atom stereocenters. The molecule has 2 heterocycles. The summed E-state index contributed by atoms with van der Waals surface area (Å²) < 4.78 is 24.4. The molecule has 1 aromatic heterocycles. The number of pyridine rings is 1. The van der Waals surface area contributed by atoms with Gasteiger partial charge in [0.1, 0.15) is 5.82 Å². The fourth-order valence-electron chi connectivity index (χ4n) is 2.10. The zero-order valence-corrected chi connectivity index (χ0v) is 12.1. The molecule has 0 radical (unpaired) electrons. The van der Waals surface area contributed by atoms with Gasteiger partial charge >= 0.3 is 0 Å². The summed E-state index contributed by atoms with van der Waals surface area (Å²) in [7, 11) is -3.08. The van der Waals surface area contributed by atoms with Gasteiger partial charge in [0.25, 0.3) is 0 Å². The van der Waals surface area contributed by atoms with E-state index in [0.29, 0.717) is 26.2 Å². The molecule has 0 bridgehead atoms. The Morgan fingerprint density at radius 3 is 2.32 bits per heavy atom. The molecule has 0 saturated carbocycles.